The van der Waals surface area contributed by atoms with Gasteiger partial charge in [-0.05, 0) is 39.3 Å². The fraction of sp³-hybridized carbons (Fsp3) is 0.708. The lowest BCUT2D eigenvalue weighted by molar-refractivity contribution is -0.159. The van der Waals surface area contributed by atoms with Crippen molar-refractivity contribution in [2.24, 2.45) is 11.3 Å². The molecular weight excluding hydrogens is 412 g/mol. The number of carbonyl (C=O) groups excluding carboxylic acids is 1. The topological polar surface area (TPSA) is 89.5 Å². The smallest absolute Gasteiger partial charge is 0.254 e. The van der Waals surface area contributed by atoms with Gasteiger partial charge < -0.3 is 34.3 Å². The molecule has 3 heterocycles. The van der Waals surface area contributed by atoms with E-state index in [1.165, 1.54) is 0 Å². The molecule has 3 rings (SSSR count). The Labute approximate surface area is 191 Å². The van der Waals surface area contributed by atoms with Crippen molar-refractivity contribution in [3.05, 3.63) is 35.8 Å². The van der Waals surface area contributed by atoms with Crippen LogP contribution in [0.3, 0.4) is 0 Å². The average Bonchev–Trinajstić information content (AvgIpc) is 3.25. The van der Waals surface area contributed by atoms with Gasteiger partial charge in [0.1, 0.15) is 11.9 Å². The molecule has 0 radical (unpaired) electrons. The van der Waals surface area contributed by atoms with Gasteiger partial charge in [0, 0.05) is 37.5 Å². The molecule has 0 aromatic heterocycles. The van der Waals surface area contributed by atoms with Gasteiger partial charge >= 0.3 is 0 Å². The van der Waals surface area contributed by atoms with E-state index in [1.807, 2.05) is 26.0 Å². The van der Waals surface area contributed by atoms with Crippen LogP contribution < -0.4 is 5.32 Å². The van der Waals surface area contributed by atoms with E-state index in [1.54, 1.807) is 32.8 Å². The fourth-order valence-corrected chi connectivity index (χ4v) is 4.44. The summed E-state index contributed by atoms with van der Waals surface area (Å²) in [5, 5.41) is 13.8. The average molecular weight is 451 g/mol. The Hall–Kier alpha value is -1.87. The maximum absolute atomic E-state index is 13.1. The number of nitrogens with one attached hydrogen (secondary N) is 1. The molecule has 0 spiro atoms. The number of carbonyl (C=O) groups is 1. The van der Waals surface area contributed by atoms with Crippen LogP contribution in [0.5, 0.6) is 0 Å². The second-order valence-electron chi connectivity index (χ2n) is 9.70. The molecule has 0 aliphatic carbocycles. The molecule has 0 bridgehead atoms. The molecule has 0 unspecified atom stereocenters. The number of hydrogen-bond donors (Lipinski definition) is 2. The minimum atomic E-state index is -0.766. The molecule has 2 N–H and O–H groups in total. The van der Waals surface area contributed by atoms with Gasteiger partial charge in [0.2, 0.25) is 0 Å². The van der Waals surface area contributed by atoms with E-state index in [0.29, 0.717) is 24.6 Å². The molecule has 3 aliphatic rings. The largest absolute Gasteiger partial charge is 0.493 e. The van der Waals surface area contributed by atoms with Gasteiger partial charge in [-0.1, -0.05) is 19.6 Å². The third-order valence-electron chi connectivity index (χ3n) is 6.83. The highest BCUT2D eigenvalue weighted by molar-refractivity contribution is 5.82. The second-order valence-corrected chi connectivity index (χ2v) is 9.70. The standard InChI is InChI=1S/C24H38N2O6/c1-15(8-9-20(29-7)16(2)31-18-10-25-11-18)19-12-26(14-24(19,6)17(3)27)22(28)21-13-30-23(4,5)32-21/h8-9,17-19,21,25,27H,1,10-14H2,2-7H3/b9-8-,20-16-/t17-,19+,21+,24+/m1/s1. The number of amides is 1. The van der Waals surface area contributed by atoms with Crippen molar-refractivity contribution >= 4 is 5.91 Å². The summed E-state index contributed by atoms with van der Waals surface area (Å²) >= 11 is 0. The van der Waals surface area contributed by atoms with Crippen LogP contribution in [0.25, 0.3) is 0 Å². The number of rotatable bonds is 8. The van der Waals surface area contributed by atoms with Crippen molar-refractivity contribution in [3.8, 4) is 0 Å². The van der Waals surface area contributed by atoms with Crippen molar-refractivity contribution < 1.29 is 28.8 Å². The van der Waals surface area contributed by atoms with E-state index in [-0.39, 0.29) is 24.5 Å². The summed E-state index contributed by atoms with van der Waals surface area (Å²) in [6.45, 7) is 16.3. The second kappa shape index (κ2) is 9.55. The van der Waals surface area contributed by atoms with Gasteiger partial charge in [-0.2, -0.15) is 0 Å². The van der Waals surface area contributed by atoms with E-state index in [2.05, 4.69) is 11.9 Å². The Morgan fingerprint density at radius 1 is 1.31 bits per heavy atom. The van der Waals surface area contributed by atoms with Crippen molar-refractivity contribution in [3.63, 3.8) is 0 Å². The van der Waals surface area contributed by atoms with E-state index >= 15 is 0 Å². The Balaban J connectivity index is 1.72. The van der Waals surface area contributed by atoms with Crippen LogP contribution in [0.4, 0.5) is 0 Å². The van der Waals surface area contributed by atoms with Crippen LogP contribution in [-0.4, -0.2) is 79.9 Å². The molecule has 3 saturated heterocycles. The molecule has 8 heteroatoms. The minimum absolute atomic E-state index is 0.113. The molecule has 8 nitrogen and oxygen atoms in total. The lowest BCUT2D eigenvalue weighted by Gasteiger charge is -2.34. The molecule has 180 valence electrons. The maximum atomic E-state index is 13.1. The molecule has 3 aliphatic heterocycles. The number of allylic oxidation sites excluding steroid dienone is 3. The number of ether oxygens (including phenoxy) is 4. The quantitative estimate of drug-likeness (QED) is 0.432. The Bertz CT molecular complexity index is 785. The van der Waals surface area contributed by atoms with Gasteiger partial charge in [-0.25, -0.2) is 0 Å². The van der Waals surface area contributed by atoms with Crippen LogP contribution in [0.1, 0.15) is 34.6 Å². The van der Waals surface area contributed by atoms with Crippen molar-refractivity contribution in [1.82, 2.24) is 10.2 Å². The number of aliphatic hydroxyl groups is 1. The first-order chi connectivity index (χ1) is 15.0. The SMILES string of the molecule is C=C(/C=C\C(OC)=C(/C)OC1CNC1)[C@@H]1CN(C(=O)[C@@H]2COC(C)(C)O2)C[C@@]1(C)[C@@H](C)O. The molecule has 1 amide bonds. The normalized spacial score (nSPS) is 31.9. The zero-order valence-electron chi connectivity index (χ0n) is 20.1. The van der Waals surface area contributed by atoms with Gasteiger partial charge in [0.15, 0.2) is 17.7 Å². The monoisotopic (exact) mass is 450 g/mol. The van der Waals surface area contributed by atoms with E-state index in [4.69, 9.17) is 18.9 Å². The highest BCUT2D eigenvalue weighted by Gasteiger charge is 2.50. The van der Waals surface area contributed by atoms with Crippen LogP contribution >= 0.6 is 0 Å². The van der Waals surface area contributed by atoms with Gasteiger partial charge in [-0.15, -0.1) is 0 Å². The number of hydrogen-bond acceptors (Lipinski definition) is 7. The molecule has 4 atom stereocenters. The summed E-state index contributed by atoms with van der Waals surface area (Å²) in [5.74, 6) is 0.343. The van der Waals surface area contributed by atoms with Crippen LogP contribution in [-0.2, 0) is 23.7 Å². The first-order valence-electron chi connectivity index (χ1n) is 11.2. The van der Waals surface area contributed by atoms with E-state index < -0.39 is 23.4 Å². The zero-order valence-corrected chi connectivity index (χ0v) is 20.1. The van der Waals surface area contributed by atoms with Crippen LogP contribution in [0.2, 0.25) is 0 Å². The summed E-state index contributed by atoms with van der Waals surface area (Å²) in [7, 11) is 1.61. The van der Waals surface area contributed by atoms with Crippen molar-refractivity contribution in [1.29, 1.82) is 0 Å². The highest BCUT2D eigenvalue weighted by Crippen LogP contribution is 2.43. The predicted molar refractivity (Wildman–Crippen MR) is 120 cm³/mol. The molecule has 0 aromatic carbocycles. The Morgan fingerprint density at radius 3 is 2.50 bits per heavy atom. The zero-order chi connectivity index (χ0) is 23.7. The highest BCUT2D eigenvalue weighted by atomic mass is 16.7. The lowest BCUT2D eigenvalue weighted by atomic mass is 9.72. The number of likely N-dealkylation sites (tertiary alicyclic amines) is 1. The van der Waals surface area contributed by atoms with Crippen molar-refractivity contribution in [2.75, 3.05) is 39.9 Å². The summed E-state index contributed by atoms with van der Waals surface area (Å²) in [5.41, 5.74) is 0.284. The van der Waals surface area contributed by atoms with Crippen LogP contribution in [0.15, 0.2) is 35.8 Å². The molecule has 32 heavy (non-hydrogen) atoms. The first kappa shape index (κ1) is 24.8. The van der Waals surface area contributed by atoms with Crippen LogP contribution in [0, 0.1) is 11.3 Å². The molecular formula is C24H38N2O6. The molecule has 0 saturated carbocycles. The van der Waals surface area contributed by atoms with Gasteiger partial charge in [-0.3, -0.25) is 4.79 Å². The lowest BCUT2D eigenvalue weighted by Crippen LogP contribution is -2.48. The van der Waals surface area contributed by atoms with Gasteiger partial charge in [0.05, 0.1) is 19.8 Å². The van der Waals surface area contributed by atoms with Crippen molar-refractivity contribution in [2.45, 2.75) is 58.7 Å². The maximum Gasteiger partial charge on any atom is 0.254 e. The number of aliphatic hydroxyl groups excluding tert-OH is 1. The predicted octanol–water partition coefficient (Wildman–Crippen LogP) is 1.96. The first-order valence-corrected chi connectivity index (χ1v) is 11.2. The Morgan fingerprint density at radius 2 is 2.00 bits per heavy atom. The summed E-state index contributed by atoms with van der Waals surface area (Å²) in [6.07, 6.45) is 2.64. The molecule has 0 aromatic rings. The van der Waals surface area contributed by atoms with E-state index in [0.717, 1.165) is 18.7 Å². The summed E-state index contributed by atoms with van der Waals surface area (Å²) < 4.78 is 22.7. The Kier molecular flexibility index (Phi) is 7.39. The van der Waals surface area contributed by atoms with E-state index in [9.17, 15) is 9.90 Å². The molecule has 3 fully saturated rings. The number of methoxy groups -OCH3 is 1. The number of nitrogens with zero attached hydrogens (tertiary/aromatic N) is 1. The van der Waals surface area contributed by atoms with Gasteiger partial charge in [0.25, 0.3) is 5.91 Å². The minimum Gasteiger partial charge on any atom is -0.493 e. The summed E-state index contributed by atoms with van der Waals surface area (Å²) in [4.78, 5) is 14.9. The fourth-order valence-electron chi connectivity index (χ4n) is 4.44. The summed E-state index contributed by atoms with van der Waals surface area (Å²) in [6, 6.07) is 0. The third kappa shape index (κ3) is 5.20. The third-order valence-corrected chi connectivity index (χ3v) is 6.83.